The zero-order valence-electron chi connectivity index (χ0n) is 7.31. The Kier molecular flexibility index (Phi) is 3.64. The summed E-state index contributed by atoms with van der Waals surface area (Å²) in [6, 6.07) is 5.48. The lowest BCUT2D eigenvalue weighted by Gasteiger charge is -2.07. The highest BCUT2D eigenvalue weighted by atomic mass is 35.5. The maximum Gasteiger partial charge on any atom is 0.124 e. The van der Waals surface area contributed by atoms with Gasteiger partial charge in [0.1, 0.15) is 12.4 Å². The molecule has 0 aromatic heterocycles. The Balaban J connectivity index is 2.75. The fourth-order valence-corrected chi connectivity index (χ4v) is 1.10. The van der Waals surface area contributed by atoms with Gasteiger partial charge in [-0.15, -0.1) is 0 Å². The minimum atomic E-state index is 0.308. The highest BCUT2D eigenvalue weighted by molar-refractivity contribution is 6.30. The third kappa shape index (κ3) is 3.29. The third-order valence-electron chi connectivity index (χ3n) is 1.53. The van der Waals surface area contributed by atoms with Gasteiger partial charge >= 0.3 is 0 Å². The van der Waals surface area contributed by atoms with Crippen LogP contribution in [0.15, 0.2) is 29.8 Å². The van der Waals surface area contributed by atoms with Crippen molar-refractivity contribution in [1.82, 2.24) is 0 Å². The molecule has 0 unspecified atom stereocenters. The van der Waals surface area contributed by atoms with Crippen LogP contribution in [0.5, 0.6) is 5.75 Å². The van der Waals surface area contributed by atoms with Crippen LogP contribution in [0.3, 0.4) is 0 Å². The van der Waals surface area contributed by atoms with Crippen molar-refractivity contribution in [2.45, 2.75) is 6.92 Å². The van der Waals surface area contributed by atoms with Crippen molar-refractivity contribution in [2.24, 2.45) is 0 Å². The second-order valence-electron chi connectivity index (χ2n) is 2.72. The van der Waals surface area contributed by atoms with E-state index in [2.05, 4.69) is 6.58 Å². The van der Waals surface area contributed by atoms with Crippen molar-refractivity contribution in [1.29, 1.82) is 0 Å². The third-order valence-corrected chi connectivity index (χ3v) is 1.88. The average molecular weight is 217 g/mol. The number of aryl methyl sites for hydroxylation is 1. The molecule has 1 aromatic carbocycles. The molecule has 13 heavy (non-hydrogen) atoms. The molecule has 0 N–H and O–H groups in total. The van der Waals surface area contributed by atoms with E-state index in [1.165, 1.54) is 0 Å². The van der Waals surface area contributed by atoms with Gasteiger partial charge in [0.2, 0.25) is 0 Å². The van der Waals surface area contributed by atoms with Crippen molar-refractivity contribution in [3.63, 3.8) is 0 Å². The molecular weight excluding hydrogens is 207 g/mol. The number of benzene rings is 1. The van der Waals surface area contributed by atoms with E-state index in [1.807, 2.05) is 19.1 Å². The van der Waals surface area contributed by atoms with Crippen LogP contribution in [0.2, 0.25) is 5.02 Å². The Labute approximate surface area is 87.9 Å². The monoisotopic (exact) mass is 216 g/mol. The second-order valence-corrected chi connectivity index (χ2v) is 3.69. The van der Waals surface area contributed by atoms with Gasteiger partial charge in [-0.05, 0) is 24.6 Å². The maximum absolute atomic E-state index is 5.80. The molecule has 3 heteroatoms. The van der Waals surface area contributed by atoms with Crippen LogP contribution in [0.1, 0.15) is 5.56 Å². The molecule has 0 aliphatic carbocycles. The first-order chi connectivity index (χ1) is 6.09. The molecule has 0 heterocycles. The number of hydrogen-bond acceptors (Lipinski definition) is 1. The van der Waals surface area contributed by atoms with E-state index in [1.54, 1.807) is 6.07 Å². The molecule has 1 nitrogen and oxygen atoms in total. The topological polar surface area (TPSA) is 9.23 Å². The number of rotatable bonds is 3. The van der Waals surface area contributed by atoms with E-state index < -0.39 is 0 Å². The fourth-order valence-electron chi connectivity index (χ4n) is 0.885. The standard InChI is InChI=1S/C10H10Cl2O/c1-7-3-4-9(12)5-10(7)13-6-8(2)11/h3-5H,2,6H2,1H3. The van der Waals surface area contributed by atoms with Gasteiger partial charge in [0.25, 0.3) is 0 Å². The normalized spacial score (nSPS) is 9.77. The van der Waals surface area contributed by atoms with Gasteiger partial charge in [-0.25, -0.2) is 0 Å². The van der Waals surface area contributed by atoms with Crippen molar-refractivity contribution >= 4 is 23.2 Å². The van der Waals surface area contributed by atoms with Crippen LogP contribution in [0.4, 0.5) is 0 Å². The van der Waals surface area contributed by atoms with E-state index in [4.69, 9.17) is 27.9 Å². The Morgan fingerprint density at radius 3 is 2.85 bits per heavy atom. The minimum Gasteiger partial charge on any atom is -0.488 e. The quantitative estimate of drug-likeness (QED) is 0.748. The molecule has 0 amide bonds. The van der Waals surface area contributed by atoms with Gasteiger partial charge in [0.15, 0.2) is 0 Å². The summed E-state index contributed by atoms with van der Waals surface area (Å²) < 4.78 is 5.36. The van der Waals surface area contributed by atoms with Crippen LogP contribution < -0.4 is 4.74 Å². The first-order valence-electron chi connectivity index (χ1n) is 3.82. The molecule has 1 rings (SSSR count). The molecule has 0 fully saturated rings. The number of halogens is 2. The van der Waals surface area contributed by atoms with Crippen LogP contribution >= 0.6 is 23.2 Å². The summed E-state index contributed by atoms with van der Waals surface area (Å²) >= 11 is 11.4. The van der Waals surface area contributed by atoms with E-state index >= 15 is 0 Å². The lowest BCUT2D eigenvalue weighted by atomic mass is 10.2. The zero-order valence-corrected chi connectivity index (χ0v) is 8.82. The van der Waals surface area contributed by atoms with Gasteiger partial charge in [-0.1, -0.05) is 35.8 Å². The Morgan fingerprint density at radius 1 is 1.54 bits per heavy atom. The molecule has 0 aliphatic rings. The lowest BCUT2D eigenvalue weighted by Crippen LogP contribution is -1.97. The smallest absolute Gasteiger partial charge is 0.124 e. The molecule has 0 saturated heterocycles. The Hall–Kier alpha value is -0.660. The van der Waals surface area contributed by atoms with Gasteiger partial charge in [0.05, 0.1) is 0 Å². The molecule has 0 bridgehead atoms. The predicted octanol–water partition coefficient (Wildman–Crippen LogP) is 3.78. The summed E-state index contributed by atoms with van der Waals surface area (Å²) in [7, 11) is 0. The van der Waals surface area contributed by atoms with Gasteiger partial charge < -0.3 is 4.74 Å². The van der Waals surface area contributed by atoms with Crippen LogP contribution in [0.25, 0.3) is 0 Å². The van der Waals surface area contributed by atoms with Crippen LogP contribution in [-0.2, 0) is 0 Å². The SMILES string of the molecule is C=C(Cl)COc1cc(Cl)ccc1C. The summed E-state index contributed by atoms with van der Waals surface area (Å²) in [5.74, 6) is 0.745. The summed E-state index contributed by atoms with van der Waals surface area (Å²) in [5.41, 5.74) is 1.03. The van der Waals surface area contributed by atoms with E-state index in [9.17, 15) is 0 Å². The van der Waals surface area contributed by atoms with Crippen molar-refractivity contribution in [3.8, 4) is 5.75 Å². The summed E-state index contributed by atoms with van der Waals surface area (Å²) in [6.45, 7) is 5.79. The van der Waals surface area contributed by atoms with Crippen molar-refractivity contribution in [3.05, 3.63) is 40.4 Å². The first kappa shape index (κ1) is 10.4. The molecule has 0 spiro atoms. The lowest BCUT2D eigenvalue weighted by molar-refractivity contribution is 0.357. The number of hydrogen-bond donors (Lipinski definition) is 0. The zero-order chi connectivity index (χ0) is 9.84. The molecule has 70 valence electrons. The minimum absolute atomic E-state index is 0.308. The molecule has 0 radical (unpaired) electrons. The molecule has 0 atom stereocenters. The van der Waals surface area contributed by atoms with Crippen molar-refractivity contribution < 1.29 is 4.74 Å². The predicted molar refractivity (Wildman–Crippen MR) is 56.7 cm³/mol. The average Bonchev–Trinajstić information content (AvgIpc) is 2.06. The molecular formula is C10H10Cl2O. The van der Waals surface area contributed by atoms with Gasteiger partial charge in [-0.2, -0.15) is 0 Å². The fraction of sp³-hybridized carbons (Fsp3) is 0.200. The molecule has 1 aromatic rings. The summed E-state index contributed by atoms with van der Waals surface area (Å²) in [5, 5.41) is 1.13. The highest BCUT2D eigenvalue weighted by Crippen LogP contribution is 2.22. The maximum atomic E-state index is 5.80. The second kappa shape index (κ2) is 4.54. The largest absolute Gasteiger partial charge is 0.488 e. The summed E-state index contributed by atoms with van der Waals surface area (Å²) in [4.78, 5) is 0. The number of ether oxygens (including phenoxy) is 1. The van der Waals surface area contributed by atoms with E-state index in [-0.39, 0.29) is 0 Å². The highest BCUT2D eigenvalue weighted by Gasteiger charge is 2.00. The summed E-state index contributed by atoms with van der Waals surface area (Å²) in [6.07, 6.45) is 0. The van der Waals surface area contributed by atoms with E-state index in [0.29, 0.717) is 16.7 Å². The van der Waals surface area contributed by atoms with Crippen LogP contribution in [0, 0.1) is 6.92 Å². The van der Waals surface area contributed by atoms with Crippen LogP contribution in [-0.4, -0.2) is 6.61 Å². The van der Waals surface area contributed by atoms with Crippen molar-refractivity contribution in [2.75, 3.05) is 6.61 Å². The molecule has 0 aliphatic heterocycles. The Bertz CT molecular complexity index is 321. The van der Waals surface area contributed by atoms with Gasteiger partial charge in [-0.3, -0.25) is 0 Å². The Morgan fingerprint density at radius 2 is 2.23 bits per heavy atom. The first-order valence-corrected chi connectivity index (χ1v) is 4.57. The van der Waals surface area contributed by atoms with E-state index in [0.717, 1.165) is 11.3 Å². The van der Waals surface area contributed by atoms with Gasteiger partial charge in [0, 0.05) is 10.1 Å². The molecule has 0 saturated carbocycles.